The largest absolute Gasteiger partial charge is 0.493 e. The number of carbonyl (C=O) groups is 2. The molecule has 0 saturated heterocycles. The Labute approximate surface area is 246 Å². The lowest BCUT2D eigenvalue weighted by atomic mass is 9.71. The smallest absolute Gasteiger partial charge is 0.161 e. The number of allylic oxidation sites excluding steroid dienone is 4. The molecule has 0 bridgehead atoms. The highest BCUT2D eigenvalue weighted by Crippen LogP contribution is 2.50. The van der Waals surface area contributed by atoms with Crippen molar-refractivity contribution < 1.29 is 19.1 Å². The van der Waals surface area contributed by atoms with Gasteiger partial charge < -0.3 is 14.4 Å². The summed E-state index contributed by atoms with van der Waals surface area (Å²) in [4.78, 5) is 29.6. The molecular formula is C35H34ClNO4. The first-order valence-corrected chi connectivity index (χ1v) is 14.8. The van der Waals surface area contributed by atoms with Crippen molar-refractivity contribution in [2.24, 2.45) is 0 Å². The molecule has 1 aliphatic heterocycles. The van der Waals surface area contributed by atoms with Gasteiger partial charge in [-0.2, -0.15) is 0 Å². The van der Waals surface area contributed by atoms with E-state index in [0.717, 1.165) is 72.3 Å². The maximum absolute atomic E-state index is 13.6. The van der Waals surface area contributed by atoms with Crippen molar-refractivity contribution in [1.29, 1.82) is 0 Å². The van der Waals surface area contributed by atoms with Crippen LogP contribution in [0.15, 0.2) is 95.3 Å². The maximum Gasteiger partial charge on any atom is 0.161 e. The van der Waals surface area contributed by atoms with Crippen molar-refractivity contribution in [1.82, 2.24) is 4.90 Å². The highest BCUT2D eigenvalue weighted by molar-refractivity contribution is 6.31. The molecule has 0 unspecified atom stereocenters. The molecule has 3 aromatic carbocycles. The minimum absolute atomic E-state index is 0.142. The summed E-state index contributed by atoms with van der Waals surface area (Å²) in [5.74, 6) is 1.05. The van der Waals surface area contributed by atoms with E-state index in [2.05, 4.69) is 29.2 Å². The van der Waals surface area contributed by atoms with Crippen LogP contribution in [-0.4, -0.2) is 30.1 Å². The monoisotopic (exact) mass is 567 g/mol. The van der Waals surface area contributed by atoms with Gasteiger partial charge in [-0.25, -0.2) is 0 Å². The van der Waals surface area contributed by atoms with Crippen LogP contribution >= 0.6 is 11.6 Å². The summed E-state index contributed by atoms with van der Waals surface area (Å²) < 4.78 is 11.9. The molecule has 210 valence electrons. The van der Waals surface area contributed by atoms with Crippen molar-refractivity contribution >= 4 is 23.2 Å². The van der Waals surface area contributed by atoms with Gasteiger partial charge >= 0.3 is 0 Å². The van der Waals surface area contributed by atoms with Gasteiger partial charge in [-0.05, 0) is 61.4 Å². The number of carbonyl (C=O) groups excluding carboxylic acids is 2. The summed E-state index contributed by atoms with van der Waals surface area (Å²) >= 11 is 6.33. The van der Waals surface area contributed by atoms with Crippen LogP contribution in [0.5, 0.6) is 11.5 Å². The van der Waals surface area contributed by atoms with Crippen molar-refractivity contribution in [2.75, 3.05) is 13.7 Å². The van der Waals surface area contributed by atoms with Crippen molar-refractivity contribution in [2.45, 2.75) is 57.5 Å². The van der Waals surface area contributed by atoms with Gasteiger partial charge in [0.15, 0.2) is 23.1 Å². The molecule has 0 N–H and O–H groups in total. The van der Waals surface area contributed by atoms with E-state index in [0.29, 0.717) is 36.0 Å². The van der Waals surface area contributed by atoms with Gasteiger partial charge in [0.1, 0.15) is 6.61 Å². The van der Waals surface area contributed by atoms with Gasteiger partial charge in [-0.1, -0.05) is 66.2 Å². The number of nitrogens with zero attached hydrogens (tertiary/aromatic N) is 1. The second kappa shape index (κ2) is 12.0. The fourth-order valence-electron chi connectivity index (χ4n) is 6.46. The van der Waals surface area contributed by atoms with Gasteiger partial charge in [-0.15, -0.1) is 0 Å². The van der Waals surface area contributed by atoms with E-state index in [4.69, 9.17) is 21.1 Å². The Morgan fingerprint density at radius 1 is 0.805 bits per heavy atom. The standard InChI is InChI=1S/C35H34ClNO4/c1-40-32-21-24(17-18-31(32)41-22-25-11-5-6-12-26(25)36)33-34-27(13-7-15-29(34)38)37(20-19-23-9-3-2-4-10-23)28-14-8-16-30(39)35(28)33/h2-6,9-12,17-18,21,33H,7-8,13-16,19-20,22H2,1H3. The van der Waals surface area contributed by atoms with Gasteiger partial charge in [-0.3, -0.25) is 9.59 Å². The molecule has 1 heterocycles. The third-order valence-corrected chi connectivity index (χ3v) is 8.78. The van der Waals surface area contributed by atoms with Crippen LogP contribution < -0.4 is 9.47 Å². The molecule has 3 aliphatic rings. The lowest BCUT2D eigenvalue weighted by Gasteiger charge is -2.44. The molecule has 6 heteroatoms. The number of hydrogen-bond donors (Lipinski definition) is 0. The zero-order valence-corrected chi connectivity index (χ0v) is 24.1. The lowest BCUT2D eigenvalue weighted by Crippen LogP contribution is -2.39. The summed E-state index contributed by atoms with van der Waals surface area (Å²) in [7, 11) is 1.61. The van der Waals surface area contributed by atoms with E-state index in [-0.39, 0.29) is 17.5 Å². The number of Topliss-reactive ketones (excluding diaryl/α,β-unsaturated/α-hetero) is 2. The Morgan fingerprint density at radius 2 is 1.46 bits per heavy atom. The first-order chi connectivity index (χ1) is 20.0. The summed E-state index contributed by atoms with van der Waals surface area (Å²) in [6.45, 7) is 1.06. The zero-order chi connectivity index (χ0) is 28.3. The van der Waals surface area contributed by atoms with Gasteiger partial charge in [0, 0.05) is 58.4 Å². The Hall–Kier alpha value is -3.83. The third kappa shape index (κ3) is 5.43. The fraction of sp³-hybridized carbons (Fsp3) is 0.314. The molecule has 0 fully saturated rings. The molecule has 0 spiro atoms. The van der Waals surface area contributed by atoms with E-state index in [1.807, 2.05) is 48.5 Å². The lowest BCUT2D eigenvalue weighted by molar-refractivity contribution is -0.117. The van der Waals surface area contributed by atoms with Crippen LogP contribution in [0.2, 0.25) is 5.02 Å². The highest BCUT2D eigenvalue weighted by Gasteiger charge is 2.43. The molecule has 3 aromatic rings. The molecule has 0 saturated carbocycles. The minimum atomic E-state index is -0.389. The van der Waals surface area contributed by atoms with Gasteiger partial charge in [0.2, 0.25) is 0 Å². The van der Waals surface area contributed by atoms with Crippen LogP contribution in [0.1, 0.15) is 61.1 Å². The Bertz CT molecular complexity index is 1500. The van der Waals surface area contributed by atoms with Crippen LogP contribution in [0.25, 0.3) is 0 Å². The van der Waals surface area contributed by atoms with E-state index < -0.39 is 0 Å². The first-order valence-electron chi connectivity index (χ1n) is 14.4. The summed E-state index contributed by atoms with van der Waals surface area (Å²) in [5, 5.41) is 0.646. The molecular weight excluding hydrogens is 534 g/mol. The minimum Gasteiger partial charge on any atom is -0.493 e. The summed E-state index contributed by atoms with van der Waals surface area (Å²) in [5.41, 5.74) is 6.77. The summed E-state index contributed by atoms with van der Waals surface area (Å²) in [6.07, 6.45) is 5.22. The number of ether oxygens (including phenoxy) is 2. The SMILES string of the molecule is COc1cc(C2C3=C(CCCC3=O)N(CCc3ccccc3)C3=C2C(=O)CCC3)ccc1OCc1ccccc1Cl. The molecule has 0 atom stereocenters. The predicted molar refractivity (Wildman–Crippen MR) is 160 cm³/mol. The molecule has 0 aromatic heterocycles. The molecule has 2 aliphatic carbocycles. The molecule has 0 radical (unpaired) electrons. The average molecular weight is 568 g/mol. The highest BCUT2D eigenvalue weighted by atomic mass is 35.5. The van der Waals surface area contributed by atoms with E-state index >= 15 is 0 Å². The number of hydrogen-bond acceptors (Lipinski definition) is 5. The summed E-state index contributed by atoms with van der Waals surface area (Å²) in [6, 6.07) is 23.8. The van der Waals surface area contributed by atoms with Gasteiger partial charge in [0.25, 0.3) is 0 Å². The van der Waals surface area contributed by atoms with E-state index in [9.17, 15) is 9.59 Å². The Kier molecular flexibility index (Phi) is 7.97. The van der Waals surface area contributed by atoms with E-state index in [1.54, 1.807) is 7.11 Å². The number of halogens is 1. The predicted octanol–water partition coefficient (Wildman–Crippen LogP) is 7.58. The zero-order valence-electron chi connectivity index (χ0n) is 23.3. The third-order valence-electron chi connectivity index (χ3n) is 8.42. The molecule has 6 rings (SSSR count). The van der Waals surface area contributed by atoms with Crippen molar-refractivity contribution in [3.05, 3.63) is 117 Å². The molecule has 5 nitrogen and oxygen atoms in total. The number of methoxy groups -OCH3 is 1. The average Bonchev–Trinajstić information content (AvgIpc) is 3.00. The normalized spacial score (nSPS) is 17.5. The number of benzene rings is 3. The fourth-order valence-corrected chi connectivity index (χ4v) is 6.65. The Balaban J connectivity index is 1.38. The number of ketones is 2. The van der Waals surface area contributed by atoms with E-state index in [1.165, 1.54) is 5.56 Å². The first kappa shape index (κ1) is 27.3. The van der Waals surface area contributed by atoms with Crippen molar-refractivity contribution in [3.63, 3.8) is 0 Å². The van der Waals surface area contributed by atoms with Crippen LogP contribution in [0.4, 0.5) is 0 Å². The topological polar surface area (TPSA) is 55.8 Å². The van der Waals surface area contributed by atoms with Crippen LogP contribution in [-0.2, 0) is 22.6 Å². The Morgan fingerprint density at radius 3 is 2.12 bits per heavy atom. The second-order valence-electron chi connectivity index (χ2n) is 10.9. The quantitative estimate of drug-likeness (QED) is 0.281. The molecule has 0 amide bonds. The maximum atomic E-state index is 13.6. The van der Waals surface area contributed by atoms with Crippen LogP contribution in [0.3, 0.4) is 0 Å². The van der Waals surface area contributed by atoms with Crippen LogP contribution in [0, 0.1) is 0 Å². The molecule has 41 heavy (non-hydrogen) atoms. The van der Waals surface area contributed by atoms with Gasteiger partial charge in [0.05, 0.1) is 7.11 Å². The van der Waals surface area contributed by atoms with Crippen molar-refractivity contribution in [3.8, 4) is 11.5 Å². The number of rotatable bonds is 8. The second-order valence-corrected chi connectivity index (χ2v) is 11.3.